The molecule has 0 saturated heterocycles. The molecule has 6 heteroatoms. The lowest BCUT2D eigenvalue weighted by Gasteiger charge is -2.23. The predicted octanol–water partition coefficient (Wildman–Crippen LogP) is 4.44. The molecule has 0 aliphatic carbocycles. The average molecular weight is 411 g/mol. The molecule has 2 rings (SSSR count). The van der Waals surface area contributed by atoms with Gasteiger partial charge < -0.3 is 15.4 Å². The van der Waals surface area contributed by atoms with Crippen molar-refractivity contribution in [2.45, 2.75) is 46.6 Å². The molecular formula is C24H30N2O4. The number of hydrogen-bond donors (Lipinski definition) is 2. The van der Waals surface area contributed by atoms with Gasteiger partial charge in [-0.2, -0.15) is 0 Å². The fraction of sp³-hybridized carbons (Fsp3) is 0.375. The molecule has 6 nitrogen and oxygen atoms in total. The number of amides is 2. The Bertz CT molecular complexity index is 888. The van der Waals surface area contributed by atoms with Crippen LogP contribution in [-0.2, 0) is 14.3 Å². The van der Waals surface area contributed by atoms with Crippen molar-refractivity contribution in [2.75, 3.05) is 11.9 Å². The summed E-state index contributed by atoms with van der Waals surface area (Å²) in [6, 6.07) is 14.4. The molecule has 0 aliphatic heterocycles. The zero-order chi connectivity index (χ0) is 22.3. The van der Waals surface area contributed by atoms with Crippen LogP contribution >= 0.6 is 0 Å². The van der Waals surface area contributed by atoms with Gasteiger partial charge in [-0.15, -0.1) is 0 Å². The van der Waals surface area contributed by atoms with Crippen LogP contribution in [-0.4, -0.2) is 24.4 Å². The third kappa shape index (κ3) is 6.72. The zero-order valence-corrected chi connectivity index (χ0v) is 18.2. The van der Waals surface area contributed by atoms with Gasteiger partial charge in [-0.25, -0.2) is 4.79 Å². The van der Waals surface area contributed by atoms with E-state index in [1.165, 1.54) is 18.6 Å². The minimum atomic E-state index is -0.625. The van der Waals surface area contributed by atoms with Crippen LogP contribution in [0, 0.1) is 5.92 Å². The van der Waals surface area contributed by atoms with E-state index in [0.717, 1.165) is 5.56 Å². The van der Waals surface area contributed by atoms with Gasteiger partial charge >= 0.3 is 5.97 Å². The molecule has 0 unspecified atom stereocenters. The number of carbonyl (C=O) groups is 3. The fourth-order valence-electron chi connectivity index (χ4n) is 3.08. The van der Waals surface area contributed by atoms with E-state index in [9.17, 15) is 14.4 Å². The first kappa shape index (κ1) is 23.1. The van der Waals surface area contributed by atoms with Crippen molar-refractivity contribution in [3.8, 4) is 0 Å². The number of esters is 1. The summed E-state index contributed by atoms with van der Waals surface area (Å²) < 4.78 is 5.15. The van der Waals surface area contributed by atoms with E-state index in [-0.39, 0.29) is 35.9 Å². The highest BCUT2D eigenvalue weighted by molar-refractivity contribution is 5.94. The maximum atomic E-state index is 12.4. The topological polar surface area (TPSA) is 84.5 Å². The first-order valence-corrected chi connectivity index (χ1v) is 10.1. The quantitative estimate of drug-likeness (QED) is 0.630. The van der Waals surface area contributed by atoms with Gasteiger partial charge in [0.05, 0.1) is 11.6 Å². The number of benzene rings is 2. The Balaban J connectivity index is 1.97. The van der Waals surface area contributed by atoms with Crippen LogP contribution in [0.15, 0.2) is 48.5 Å². The van der Waals surface area contributed by atoms with Crippen molar-refractivity contribution in [1.29, 1.82) is 0 Å². The van der Waals surface area contributed by atoms with Gasteiger partial charge in [-0.1, -0.05) is 58.0 Å². The van der Waals surface area contributed by atoms with Crippen molar-refractivity contribution >= 4 is 23.5 Å². The van der Waals surface area contributed by atoms with Crippen LogP contribution in [0.5, 0.6) is 0 Å². The molecule has 160 valence electrons. The molecular weight excluding hydrogens is 380 g/mol. The molecule has 0 radical (unpaired) electrons. The molecule has 0 saturated carbocycles. The van der Waals surface area contributed by atoms with Crippen molar-refractivity contribution in [2.24, 2.45) is 5.92 Å². The van der Waals surface area contributed by atoms with Gasteiger partial charge in [0, 0.05) is 12.6 Å². The molecule has 2 aromatic carbocycles. The highest BCUT2D eigenvalue weighted by Gasteiger charge is 2.20. The van der Waals surface area contributed by atoms with E-state index in [2.05, 4.69) is 36.6 Å². The second kappa shape index (κ2) is 10.6. The summed E-state index contributed by atoms with van der Waals surface area (Å²) in [5, 5.41) is 5.56. The van der Waals surface area contributed by atoms with Crippen molar-refractivity contribution in [3.63, 3.8) is 0 Å². The van der Waals surface area contributed by atoms with Crippen molar-refractivity contribution in [1.82, 2.24) is 5.32 Å². The monoisotopic (exact) mass is 410 g/mol. The van der Waals surface area contributed by atoms with Crippen LogP contribution in [0.1, 0.15) is 68.1 Å². The third-order valence-electron chi connectivity index (χ3n) is 4.70. The number of anilines is 1. The Morgan fingerprint density at radius 2 is 1.57 bits per heavy atom. The fourth-order valence-corrected chi connectivity index (χ4v) is 3.08. The lowest BCUT2D eigenvalue weighted by Crippen LogP contribution is -2.35. The van der Waals surface area contributed by atoms with Gasteiger partial charge in [-0.05, 0) is 41.2 Å². The van der Waals surface area contributed by atoms with Crippen LogP contribution in [0.4, 0.5) is 5.69 Å². The lowest BCUT2D eigenvalue weighted by molar-refractivity contribution is -0.125. The van der Waals surface area contributed by atoms with E-state index in [1.54, 1.807) is 18.2 Å². The van der Waals surface area contributed by atoms with Crippen molar-refractivity contribution < 1.29 is 19.1 Å². The third-order valence-corrected chi connectivity index (χ3v) is 4.70. The summed E-state index contributed by atoms with van der Waals surface area (Å²) in [4.78, 5) is 35.8. The van der Waals surface area contributed by atoms with E-state index >= 15 is 0 Å². The summed E-state index contributed by atoms with van der Waals surface area (Å²) in [5.74, 6) is -0.618. The Kier molecular flexibility index (Phi) is 8.16. The maximum Gasteiger partial charge on any atom is 0.338 e. The molecule has 2 aromatic rings. The Morgan fingerprint density at radius 1 is 0.933 bits per heavy atom. The SMILES string of the molecule is CC(=O)Nc1cccc(C(=O)OCC(=O)N[C@@H](c2ccc(C(C)C)cc2)C(C)C)c1. The van der Waals surface area contributed by atoms with Crippen LogP contribution in [0.25, 0.3) is 0 Å². The highest BCUT2D eigenvalue weighted by atomic mass is 16.5. The summed E-state index contributed by atoms with van der Waals surface area (Å²) in [6.45, 7) is 9.34. The van der Waals surface area contributed by atoms with Crippen molar-refractivity contribution in [3.05, 3.63) is 65.2 Å². The summed E-state index contributed by atoms with van der Waals surface area (Å²) in [5.41, 5.74) is 3.00. The molecule has 0 bridgehead atoms. The molecule has 0 aromatic heterocycles. The standard InChI is InChI=1S/C24H30N2O4/c1-15(2)18-9-11-19(12-10-18)23(16(3)4)26-22(28)14-30-24(29)20-7-6-8-21(13-20)25-17(5)27/h6-13,15-16,23H,14H2,1-5H3,(H,25,27)(H,26,28)/t23-/m1/s1. The number of carbonyl (C=O) groups excluding carboxylic acids is 3. The van der Waals surface area contributed by atoms with E-state index < -0.39 is 5.97 Å². The first-order chi connectivity index (χ1) is 14.2. The molecule has 0 fully saturated rings. The van der Waals surface area contributed by atoms with Crippen LogP contribution < -0.4 is 10.6 Å². The van der Waals surface area contributed by atoms with Gasteiger partial charge in [0.15, 0.2) is 6.61 Å². The Labute approximate surface area is 178 Å². The van der Waals surface area contributed by atoms with E-state index in [4.69, 9.17) is 4.74 Å². The predicted molar refractivity (Wildman–Crippen MR) is 117 cm³/mol. The summed E-state index contributed by atoms with van der Waals surface area (Å²) >= 11 is 0. The van der Waals surface area contributed by atoms with E-state index in [0.29, 0.717) is 11.6 Å². The Morgan fingerprint density at radius 3 is 2.13 bits per heavy atom. The summed E-state index contributed by atoms with van der Waals surface area (Å²) in [6.07, 6.45) is 0. The molecule has 0 heterocycles. The van der Waals surface area contributed by atoms with Crippen LogP contribution in [0.3, 0.4) is 0 Å². The second-order valence-corrected chi connectivity index (χ2v) is 7.95. The molecule has 0 aliphatic rings. The maximum absolute atomic E-state index is 12.4. The van der Waals surface area contributed by atoms with Crippen LogP contribution in [0.2, 0.25) is 0 Å². The van der Waals surface area contributed by atoms with Gasteiger partial charge in [0.1, 0.15) is 0 Å². The normalized spacial score (nSPS) is 11.8. The minimum Gasteiger partial charge on any atom is -0.452 e. The molecule has 1 atom stereocenters. The molecule has 2 N–H and O–H groups in total. The molecule has 0 spiro atoms. The van der Waals surface area contributed by atoms with Gasteiger partial charge in [0.25, 0.3) is 5.91 Å². The number of hydrogen-bond acceptors (Lipinski definition) is 4. The highest BCUT2D eigenvalue weighted by Crippen LogP contribution is 2.24. The second-order valence-electron chi connectivity index (χ2n) is 7.95. The molecule has 2 amide bonds. The van der Waals surface area contributed by atoms with Gasteiger partial charge in [-0.3, -0.25) is 9.59 Å². The molecule has 30 heavy (non-hydrogen) atoms. The largest absolute Gasteiger partial charge is 0.452 e. The smallest absolute Gasteiger partial charge is 0.338 e. The first-order valence-electron chi connectivity index (χ1n) is 10.1. The lowest BCUT2D eigenvalue weighted by atomic mass is 9.93. The average Bonchev–Trinajstić information content (AvgIpc) is 2.69. The number of rotatable bonds is 8. The van der Waals surface area contributed by atoms with E-state index in [1.807, 2.05) is 26.0 Å². The zero-order valence-electron chi connectivity index (χ0n) is 18.2. The number of ether oxygens (including phenoxy) is 1. The summed E-state index contributed by atoms with van der Waals surface area (Å²) in [7, 11) is 0. The van der Waals surface area contributed by atoms with Gasteiger partial charge in [0.2, 0.25) is 5.91 Å². The minimum absolute atomic E-state index is 0.170. The Hall–Kier alpha value is -3.15. The number of nitrogens with one attached hydrogen (secondary N) is 2.